The van der Waals surface area contributed by atoms with E-state index in [1.807, 2.05) is 24.3 Å². The van der Waals surface area contributed by atoms with Crippen molar-refractivity contribution in [3.05, 3.63) is 24.3 Å². The van der Waals surface area contributed by atoms with Crippen molar-refractivity contribution in [2.24, 2.45) is 0 Å². The number of halogens is 2. The van der Waals surface area contributed by atoms with Gasteiger partial charge in [-0.2, -0.15) is 0 Å². The largest absolute Gasteiger partial charge is 0.399 e. The molecular weight excluding hydrogens is 225 g/mol. The van der Waals surface area contributed by atoms with Gasteiger partial charge < -0.3 is 5.73 Å². The number of anilines is 1. The Morgan fingerprint density at radius 1 is 1.21 bits per heavy atom. The minimum absolute atomic E-state index is 0. The third-order valence-corrected chi connectivity index (χ3v) is 1.51. The second-order valence-corrected chi connectivity index (χ2v) is 2.38. The van der Waals surface area contributed by atoms with Crippen molar-refractivity contribution >= 4 is 30.5 Å². The molecule has 5 nitrogen and oxygen atoms in total. The van der Waals surface area contributed by atoms with Gasteiger partial charge in [0.1, 0.15) is 0 Å². The number of nitrogen functional groups attached to an aromatic ring is 1. The molecule has 0 bridgehead atoms. The molecular formula is C7H9Cl2N5. The van der Waals surface area contributed by atoms with Crippen LogP contribution >= 0.6 is 24.8 Å². The Balaban J connectivity index is 0.000000845. The fourth-order valence-corrected chi connectivity index (χ4v) is 0.967. The van der Waals surface area contributed by atoms with E-state index >= 15 is 0 Å². The van der Waals surface area contributed by atoms with Gasteiger partial charge in [0, 0.05) is 11.3 Å². The predicted octanol–water partition coefficient (Wildman–Crippen LogP) is 1.29. The number of rotatable bonds is 1. The van der Waals surface area contributed by atoms with Gasteiger partial charge in [-0.1, -0.05) is 12.1 Å². The monoisotopic (exact) mass is 233 g/mol. The third-order valence-electron chi connectivity index (χ3n) is 1.51. The van der Waals surface area contributed by atoms with Gasteiger partial charge >= 0.3 is 0 Å². The molecule has 0 aliphatic heterocycles. The van der Waals surface area contributed by atoms with Crippen LogP contribution in [0.25, 0.3) is 11.4 Å². The van der Waals surface area contributed by atoms with Gasteiger partial charge in [-0.05, 0) is 22.6 Å². The van der Waals surface area contributed by atoms with Crippen LogP contribution < -0.4 is 5.73 Å². The van der Waals surface area contributed by atoms with Crippen molar-refractivity contribution in [3.8, 4) is 11.4 Å². The standard InChI is InChI=1S/C7H7N5.2ClH/c8-6-3-1-2-5(4-6)7-9-11-12-10-7;;/h1-4H,8H2,(H,9,10,11,12);2*1H. The number of benzene rings is 1. The average molecular weight is 234 g/mol. The maximum atomic E-state index is 5.58. The van der Waals surface area contributed by atoms with Crippen LogP contribution in [0.4, 0.5) is 5.69 Å². The molecule has 0 amide bonds. The van der Waals surface area contributed by atoms with Gasteiger partial charge in [0.15, 0.2) is 5.82 Å². The van der Waals surface area contributed by atoms with Crippen molar-refractivity contribution in [2.45, 2.75) is 0 Å². The molecule has 76 valence electrons. The topological polar surface area (TPSA) is 80.5 Å². The number of hydrogen-bond donors (Lipinski definition) is 2. The third kappa shape index (κ3) is 2.58. The SMILES string of the molecule is Cl.Cl.Nc1cccc(-c2nnn[nH]2)c1. The van der Waals surface area contributed by atoms with Crippen molar-refractivity contribution in [2.75, 3.05) is 5.73 Å². The van der Waals surface area contributed by atoms with E-state index in [9.17, 15) is 0 Å². The van der Waals surface area contributed by atoms with E-state index in [4.69, 9.17) is 5.73 Å². The zero-order valence-electron chi connectivity index (χ0n) is 7.04. The van der Waals surface area contributed by atoms with E-state index in [1.54, 1.807) is 0 Å². The summed E-state index contributed by atoms with van der Waals surface area (Å²) >= 11 is 0. The van der Waals surface area contributed by atoms with Gasteiger partial charge in [0.2, 0.25) is 0 Å². The summed E-state index contributed by atoms with van der Waals surface area (Å²) in [7, 11) is 0. The van der Waals surface area contributed by atoms with Crippen LogP contribution in [0.3, 0.4) is 0 Å². The summed E-state index contributed by atoms with van der Waals surface area (Å²) in [4.78, 5) is 0. The molecule has 0 aliphatic carbocycles. The van der Waals surface area contributed by atoms with Crippen molar-refractivity contribution < 1.29 is 0 Å². The van der Waals surface area contributed by atoms with Gasteiger partial charge in [-0.3, -0.25) is 0 Å². The lowest BCUT2D eigenvalue weighted by atomic mass is 10.2. The quantitative estimate of drug-likeness (QED) is 0.728. The summed E-state index contributed by atoms with van der Waals surface area (Å²) < 4.78 is 0. The van der Waals surface area contributed by atoms with Crippen LogP contribution in [0.1, 0.15) is 0 Å². The molecule has 0 spiro atoms. The van der Waals surface area contributed by atoms with E-state index < -0.39 is 0 Å². The molecule has 2 aromatic rings. The zero-order valence-corrected chi connectivity index (χ0v) is 8.68. The molecule has 1 aromatic carbocycles. The second kappa shape index (κ2) is 5.41. The lowest BCUT2D eigenvalue weighted by Crippen LogP contribution is -1.86. The van der Waals surface area contributed by atoms with Crippen LogP contribution in [-0.2, 0) is 0 Å². The smallest absolute Gasteiger partial charge is 0.179 e. The molecule has 0 fully saturated rings. The molecule has 14 heavy (non-hydrogen) atoms. The molecule has 0 radical (unpaired) electrons. The Bertz CT molecular complexity index is 375. The van der Waals surface area contributed by atoms with Crippen LogP contribution in [-0.4, -0.2) is 20.6 Å². The van der Waals surface area contributed by atoms with Gasteiger partial charge in [-0.15, -0.1) is 29.9 Å². The molecule has 1 heterocycles. The summed E-state index contributed by atoms with van der Waals surface area (Å²) in [5.74, 6) is 0.627. The fourth-order valence-electron chi connectivity index (χ4n) is 0.967. The van der Waals surface area contributed by atoms with Crippen LogP contribution in [0, 0.1) is 0 Å². The van der Waals surface area contributed by atoms with Gasteiger partial charge in [-0.25, -0.2) is 5.10 Å². The molecule has 1 aromatic heterocycles. The first kappa shape index (κ1) is 12.7. The second-order valence-electron chi connectivity index (χ2n) is 2.38. The van der Waals surface area contributed by atoms with Crippen molar-refractivity contribution in [3.63, 3.8) is 0 Å². The first-order chi connectivity index (χ1) is 5.86. The highest BCUT2D eigenvalue weighted by molar-refractivity contribution is 5.85. The van der Waals surface area contributed by atoms with E-state index in [-0.39, 0.29) is 24.8 Å². The molecule has 0 saturated carbocycles. The minimum Gasteiger partial charge on any atom is -0.399 e. The Kier molecular flexibility index (Phi) is 4.90. The molecule has 2 rings (SSSR count). The van der Waals surface area contributed by atoms with Crippen LogP contribution in [0.5, 0.6) is 0 Å². The van der Waals surface area contributed by atoms with Crippen LogP contribution in [0.2, 0.25) is 0 Å². The highest BCUT2D eigenvalue weighted by Gasteiger charge is 1.99. The summed E-state index contributed by atoms with van der Waals surface area (Å²) in [6.07, 6.45) is 0. The number of aromatic amines is 1. The lowest BCUT2D eigenvalue weighted by molar-refractivity contribution is 0.881. The normalized spacial score (nSPS) is 8.57. The van der Waals surface area contributed by atoms with Gasteiger partial charge in [0.25, 0.3) is 0 Å². The fraction of sp³-hybridized carbons (Fsp3) is 0. The highest BCUT2D eigenvalue weighted by Crippen LogP contribution is 2.15. The van der Waals surface area contributed by atoms with Crippen molar-refractivity contribution in [1.29, 1.82) is 0 Å². The van der Waals surface area contributed by atoms with Gasteiger partial charge in [0.05, 0.1) is 0 Å². The number of nitrogens with zero attached hydrogens (tertiary/aromatic N) is 3. The number of H-pyrrole nitrogens is 1. The van der Waals surface area contributed by atoms with E-state index in [0.29, 0.717) is 11.5 Å². The molecule has 0 atom stereocenters. The Hall–Kier alpha value is -1.33. The number of nitrogens with two attached hydrogens (primary N) is 1. The molecule has 0 unspecified atom stereocenters. The lowest BCUT2D eigenvalue weighted by Gasteiger charge is -1.95. The first-order valence-corrected chi connectivity index (χ1v) is 3.46. The summed E-state index contributed by atoms with van der Waals surface area (Å²) in [5.41, 5.74) is 7.17. The zero-order chi connectivity index (χ0) is 8.39. The summed E-state index contributed by atoms with van der Waals surface area (Å²) in [6, 6.07) is 7.36. The predicted molar refractivity (Wildman–Crippen MR) is 58.5 cm³/mol. The molecule has 0 saturated heterocycles. The van der Waals surface area contributed by atoms with E-state index in [2.05, 4.69) is 20.6 Å². The van der Waals surface area contributed by atoms with E-state index in [1.165, 1.54) is 0 Å². The number of tetrazole rings is 1. The molecule has 3 N–H and O–H groups in total. The Labute approximate surface area is 92.9 Å². The maximum Gasteiger partial charge on any atom is 0.179 e. The Morgan fingerprint density at radius 2 is 2.00 bits per heavy atom. The van der Waals surface area contributed by atoms with Crippen molar-refractivity contribution in [1.82, 2.24) is 20.6 Å². The first-order valence-electron chi connectivity index (χ1n) is 3.46. The molecule has 0 aliphatic rings. The average Bonchev–Trinajstić information content (AvgIpc) is 2.56. The number of hydrogen-bond acceptors (Lipinski definition) is 4. The number of aromatic nitrogens is 4. The Morgan fingerprint density at radius 3 is 2.57 bits per heavy atom. The molecule has 7 heteroatoms. The highest BCUT2D eigenvalue weighted by atomic mass is 35.5. The van der Waals surface area contributed by atoms with E-state index in [0.717, 1.165) is 5.56 Å². The maximum absolute atomic E-state index is 5.58. The van der Waals surface area contributed by atoms with Crippen LogP contribution in [0.15, 0.2) is 24.3 Å². The summed E-state index contributed by atoms with van der Waals surface area (Å²) in [6.45, 7) is 0. The minimum atomic E-state index is 0. The number of nitrogens with one attached hydrogen (secondary N) is 1. The summed E-state index contributed by atoms with van der Waals surface area (Å²) in [5, 5.41) is 13.3.